The van der Waals surface area contributed by atoms with Gasteiger partial charge in [-0.05, 0) is 30.5 Å². The first-order valence-electron chi connectivity index (χ1n) is 10.4. The van der Waals surface area contributed by atoms with Gasteiger partial charge in [0.1, 0.15) is 0 Å². The van der Waals surface area contributed by atoms with Crippen LogP contribution in [0.25, 0.3) is 0 Å². The zero-order chi connectivity index (χ0) is 20.8. The first kappa shape index (κ1) is 24.3. The zero-order valence-corrected chi connectivity index (χ0v) is 21.0. The van der Waals surface area contributed by atoms with Gasteiger partial charge in [0.15, 0.2) is 17.5 Å². The second-order valence-corrected chi connectivity index (χ2v) is 7.73. The van der Waals surface area contributed by atoms with E-state index in [2.05, 4.69) is 55.4 Å². The molecule has 0 radical (unpaired) electrons. The number of nitrogens with zero attached hydrogens (tertiary/aromatic N) is 4. The van der Waals surface area contributed by atoms with Gasteiger partial charge >= 0.3 is 0 Å². The number of rotatable bonds is 6. The molecule has 166 valence electrons. The minimum Gasteiger partial charge on any atom is -0.490 e. The van der Waals surface area contributed by atoms with Crippen LogP contribution in [0.5, 0.6) is 11.5 Å². The molecule has 0 bridgehead atoms. The Kier molecular flexibility index (Phi) is 9.26. The van der Waals surface area contributed by atoms with Gasteiger partial charge in [0.25, 0.3) is 0 Å². The van der Waals surface area contributed by atoms with E-state index in [0.717, 1.165) is 48.2 Å². The number of nitrogens with one attached hydrogen (secondary N) is 1. The zero-order valence-electron chi connectivity index (χ0n) is 18.6. The predicted octanol–water partition coefficient (Wildman–Crippen LogP) is 3.92. The van der Waals surface area contributed by atoms with E-state index in [1.165, 1.54) is 5.56 Å². The highest BCUT2D eigenvalue weighted by Crippen LogP contribution is 2.30. The molecule has 0 unspecified atom stereocenters. The van der Waals surface area contributed by atoms with E-state index in [9.17, 15) is 0 Å². The normalized spacial score (nSPS) is 13.6. The van der Waals surface area contributed by atoms with E-state index in [1.54, 1.807) is 0 Å². The molecule has 0 aliphatic carbocycles. The van der Waals surface area contributed by atoms with Crippen molar-refractivity contribution >= 4 is 29.9 Å². The standard InChI is InChI=1S/C22H33N5O2.HI/c1-6-23-22(26(4)14-18-15-27(5)25-21(18)16(2)3)24-13-17-8-9-19-20(12-17)29-11-7-10-28-19;/h8-9,12,15-16H,6-7,10-11,13-14H2,1-5H3,(H,23,24);1H. The molecule has 1 aromatic heterocycles. The van der Waals surface area contributed by atoms with Crippen LogP contribution < -0.4 is 14.8 Å². The fraction of sp³-hybridized carbons (Fsp3) is 0.545. The fourth-order valence-corrected chi connectivity index (χ4v) is 3.44. The van der Waals surface area contributed by atoms with E-state index in [0.29, 0.717) is 25.7 Å². The summed E-state index contributed by atoms with van der Waals surface area (Å²) >= 11 is 0. The van der Waals surface area contributed by atoms with Crippen molar-refractivity contribution in [2.24, 2.45) is 12.0 Å². The molecule has 3 rings (SSSR count). The van der Waals surface area contributed by atoms with Gasteiger partial charge < -0.3 is 19.7 Å². The number of aryl methyl sites for hydroxylation is 1. The average Bonchev–Trinajstić information content (AvgIpc) is 2.91. The lowest BCUT2D eigenvalue weighted by molar-refractivity contribution is 0.297. The summed E-state index contributed by atoms with van der Waals surface area (Å²) in [5, 5.41) is 8.01. The second-order valence-electron chi connectivity index (χ2n) is 7.73. The molecule has 7 nitrogen and oxygen atoms in total. The second kappa shape index (κ2) is 11.4. The molecule has 0 fully saturated rings. The summed E-state index contributed by atoms with van der Waals surface area (Å²) in [5.41, 5.74) is 3.46. The van der Waals surface area contributed by atoms with Gasteiger partial charge in [0.05, 0.1) is 25.5 Å². The maximum Gasteiger partial charge on any atom is 0.194 e. The summed E-state index contributed by atoms with van der Waals surface area (Å²) < 4.78 is 13.4. The van der Waals surface area contributed by atoms with Crippen molar-refractivity contribution in [1.29, 1.82) is 0 Å². The van der Waals surface area contributed by atoms with Gasteiger partial charge in [0.2, 0.25) is 0 Å². The van der Waals surface area contributed by atoms with E-state index in [1.807, 2.05) is 23.9 Å². The van der Waals surface area contributed by atoms with E-state index in [4.69, 9.17) is 14.5 Å². The number of hydrogen-bond donors (Lipinski definition) is 1. The van der Waals surface area contributed by atoms with Crippen molar-refractivity contribution < 1.29 is 9.47 Å². The summed E-state index contributed by atoms with van der Waals surface area (Å²) in [6.45, 7) is 9.97. The SMILES string of the molecule is CCNC(=NCc1ccc2c(c1)OCCCO2)N(C)Cc1cn(C)nc1C(C)C.I. The molecule has 2 aromatic rings. The highest BCUT2D eigenvalue weighted by molar-refractivity contribution is 14.0. The van der Waals surface area contributed by atoms with Gasteiger partial charge in [-0.15, -0.1) is 24.0 Å². The molecular formula is C22H34IN5O2. The number of benzene rings is 1. The third-order valence-corrected chi connectivity index (χ3v) is 4.81. The number of hydrogen-bond acceptors (Lipinski definition) is 4. The van der Waals surface area contributed by atoms with E-state index in [-0.39, 0.29) is 24.0 Å². The van der Waals surface area contributed by atoms with Gasteiger partial charge in [-0.25, -0.2) is 4.99 Å². The Balaban J connectivity index is 0.00000320. The number of fused-ring (bicyclic) bond motifs is 1. The van der Waals surface area contributed by atoms with Gasteiger partial charge in [-0.1, -0.05) is 19.9 Å². The first-order valence-corrected chi connectivity index (χ1v) is 10.4. The van der Waals surface area contributed by atoms with Crippen LogP contribution in [0.2, 0.25) is 0 Å². The molecule has 0 atom stereocenters. The van der Waals surface area contributed by atoms with Crippen molar-refractivity contribution in [3.05, 3.63) is 41.2 Å². The maximum absolute atomic E-state index is 5.80. The van der Waals surface area contributed by atoms with E-state index >= 15 is 0 Å². The fourth-order valence-electron chi connectivity index (χ4n) is 3.44. The minimum absolute atomic E-state index is 0. The van der Waals surface area contributed by atoms with Gasteiger partial charge in [-0.3, -0.25) is 4.68 Å². The molecule has 0 saturated carbocycles. The molecule has 0 amide bonds. The third kappa shape index (κ3) is 6.26. The summed E-state index contributed by atoms with van der Waals surface area (Å²) in [6.07, 6.45) is 3.00. The Morgan fingerprint density at radius 1 is 1.27 bits per heavy atom. The molecule has 1 aliphatic rings. The smallest absolute Gasteiger partial charge is 0.194 e. The van der Waals surface area contributed by atoms with Crippen LogP contribution in [0.4, 0.5) is 0 Å². The van der Waals surface area contributed by atoms with Crippen molar-refractivity contribution in [3.8, 4) is 11.5 Å². The van der Waals surface area contributed by atoms with Crippen molar-refractivity contribution in [3.63, 3.8) is 0 Å². The number of guanidine groups is 1. The molecule has 30 heavy (non-hydrogen) atoms. The van der Waals surface area contributed by atoms with Crippen LogP contribution in [0.15, 0.2) is 29.4 Å². The summed E-state index contributed by atoms with van der Waals surface area (Å²) in [4.78, 5) is 6.99. The average molecular weight is 527 g/mol. The van der Waals surface area contributed by atoms with Crippen molar-refractivity contribution in [2.45, 2.75) is 46.2 Å². The topological polar surface area (TPSA) is 63.9 Å². The minimum atomic E-state index is 0. The van der Waals surface area contributed by atoms with Crippen LogP contribution >= 0.6 is 24.0 Å². The monoisotopic (exact) mass is 527 g/mol. The van der Waals surface area contributed by atoms with Crippen LogP contribution in [-0.4, -0.2) is 47.4 Å². The van der Waals surface area contributed by atoms with Crippen LogP contribution in [0.3, 0.4) is 0 Å². The lowest BCUT2D eigenvalue weighted by Crippen LogP contribution is -2.38. The van der Waals surface area contributed by atoms with Crippen molar-refractivity contribution in [2.75, 3.05) is 26.8 Å². The Labute approximate surface area is 196 Å². The van der Waals surface area contributed by atoms with Crippen LogP contribution in [-0.2, 0) is 20.1 Å². The lowest BCUT2D eigenvalue weighted by atomic mass is 10.1. The first-order chi connectivity index (χ1) is 14.0. The summed E-state index contributed by atoms with van der Waals surface area (Å²) in [7, 11) is 4.03. The molecule has 2 heterocycles. The Hall–Kier alpha value is -1.97. The molecule has 0 saturated heterocycles. The Morgan fingerprint density at radius 2 is 2.00 bits per heavy atom. The van der Waals surface area contributed by atoms with Crippen molar-refractivity contribution in [1.82, 2.24) is 20.0 Å². The summed E-state index contributed by atoms with van der Waals surface area (Å²) in [6, 6.07) is 6.07. The number of ether oxygens (including phenoxy) is 2. The Bertz CT molecular complexity index is 850. The Morgan fingerprint density at radius 3 is 2.70 bits per heavy atom. The van der Waals surface area contributed by atoms with E-state index < -0.39 is 0 Å². The molecule has 1 aliphatic heterocycles. The quantitative estimate of drug-likeness (QED) is 0.351. The van der Waals surface area contributed by atoms with Gasteiger partial charge in [0, 0.05) is 45.4 Å². The number of aromatic nitrogens is 2. The third-order valence-electron chi connectivity index (χ3n) is 4.81. The molecule has 1 N–H and O–H groups in total. The van der Waals surface area contributed by atoms with Gasteiger partial charge in [-0.2, -0.15) is 5.10 Å². The summed E-state index contributed by atoms with van der Waals surface area (Å²) in [5.74, 6) is 2.89. The largest absolute Gasteiger partial charge is 0.490 e. The highest BCUT2D eigenvalue weighted by Gasteiger charge is 2.15. The lowest BCUT2D eigenvalue weighted by Gasteiger charge is -2.22. The number of aliphatic imine (C=N–C) groups is 1. The predicted molar refractivity (Wildman–Crippen MR) is 131 cm³/mol. The van der Waals surface area contributed by atoms with Crippen LogP contribution in [0, 0.1) is 0 Å². The number of halogens is 1. The molecule has 1 aromatic carbocycles. The molecule has 0 spiro atoms. The highest BCUT2D eigenvalue weighted by atomic mass is 127. The van der Waals surface area contributed by atoms with Crippen LogP contribution in [0.1, 0.15) is 49.9 Å². The molecular weight excluding hydrogens is 493 g/mol. The maximum atomic E-state index is 5.80. The molecule has 8 heteroatoms.